The third kappa shape index (κ3) is 4.39. The molecular weight excluding hydrogens is 328 g/mol. The molecule has 0 fully saturated rings. The fourth-order valence-electron chi connectivity index (χ4n) is 1.87. The number of benzene rings is 1. The zero-order valence-electron chi connectivity index (χ0n) is 12.8. The number of ether oxygens (including phenoxy) is 1. The lowest BCUT2D eigenvalue weighted by molar-refractivity contribution is -0.387. The Labute approximate surface area is 133 Å². The van der Waals surface area contributed by atoms with Crippen LogP contribution >= 0.6 is 0 Å². The number of nitro groups is 1. The Morgan fingerprint density at radius 1 is 1.48 bits per heavy atom. The molecule has 0 aliphatic carbocycles. The van der Waals surface area contributed by atoms with Crippen LogP contribution in [0.2, 0.25) is 0 Å². The number of nitrogens with one attached hydrogen (secondary N) is 1. The topological polar surface area (TPSA) is 136 Å². The molecule has 23 heavy (non-hydrogen) atoms. The van der Waals surface area contributed by atoms with Gasteiger partial charge in [0.05, 0.1) is 18.1 Å². The van der Waals surface area contributed by atoms with Gasteiger partial charge in [0.15, 0.2) is 4.90 Å². The van der Waals surface area contributed by atoms with Crippen molar-refractivity contribution in [2.75, 3.05) is 7.11 Å². The van der Waals surface area contributed by atoms with E-state index in [9.17, 15) is 23.3 Å². The SMILES string of the molecule is CC[C@H](C)[C@H](NS(=O)(=O)c1ccc(OC)cc1[N+](=O)[O-])C(=O)O. The molecule has 2 N–H and O–H groups in total. The number of carboxylic acid groups (broad SMARTS) is 1. The number of rotatable bonds is 8. The summed E-state index contributed by atoms with van der Waals surface area (Å²) in [5, 5.41) is 20.3. The lowest BCUT2D eigenvalue weighted by Gasteiger charge is -2.20. The average molecular weight is 346 g/mol. The smallest absolute Gasteiger partial charge is 0.322 e. The van der Waals surface area contributed by atoms with E-state index in [1.54, 1.807) is 13.8 Å². The Morgan fingerprint density at radius 3 is 2.52 bits per heavy atom. The van der Waals surface area contributed by atoms with Crippen LogP contribution in [0, 0.1) is 16.0 Å². The van der Waals surface area contributed by atoms with Gasteiger partial charge in [0.25, 0.3) is 5.69 Å². The van der Waals surface area contributed by atoms with Crippen molar-refractivity contribution in [1.82, 2.24) is 4.72 Å². The first-order valence-corrected chi connectivity index (χ1v) is 8.20. The first kappa shape index (κ1) is 18.8. The highest BCUT2D eigenvalue weighted by Gasteiger charge is 2.33. The maximum Gasteiger partial charge on any atom is 0.322 e. The van der Waals surface area contributed by atoms with Gasteiger partial charge in [-0.25, -0.2) is 8.42 Å². The number of nitro benzene ring substituents is 1. The highest BCUT2D eigenvalue weighted by Crippen LogP contribution is 2.28. The van der Waals surface area contributed by atoms with Gasteiger partial charge in [-0.15, -0.1) is 0 Å². The second kappa shape index (κ2) is 7.38. The van der Waals surface area contributed by atoms with E-state index in [0.29, 0.717) is 6.42 Å². The lowest BCUT2D eigenvalue weighted by Crippen LogP contribution is -2.45. The van der Waals surface area contributed by atoms with Gasteiger partial charge in [-0.1, -0.05) is 20.3 Å². The first-order valence-electron chi connectivity index (χ1n) is 6.71. The molecule has 10 heteroatoms. The Morgan fingerprint density at radius 2 is 2.09 bits per heavy atom. The van der Waals surface area contributed by atoms with Crippen LogP contribution in [-0.2, 0) is 14.8 Å². The minimum Gasteiger partial charge on any atom is -0.497 e. The summed E-state index contributed by atoms with van der Waals surface area (Å²) in [4.78, 5) is 20.9. The van der Waals surface area contributed by atoms with Crippen LogP contribution in [0.1, 0.15) is 20.3 Å². The summed E-state index contributed by atoms with van der Waals surface area (Å²) in [6.45, 7) is 3.29. The largest absolute Gasteiger partial charge is 0.497 e. The molecule has 0 amide bonds. The van der Waals surface area contributed by atoms with E-state index in [1.165, 1.54) is 13.2 Å². The molecule has 0 heterocycles. The fourth-order valence-corrected chi connectivity index (χ4v) is 3.32. The molecule has 128 valence electrons. The summed E-state index contributed by atoms with van der Waals surface area (Å²) in [6.07, 6.45) is 0.421. The van der Waals surface area contributed by atoms with Crippen LogP contribution in [0.5, 0.6) is 5.75 Å². The van der Waals surface area contributed by atoms with Crippen molar-refractivity contribution >= 4 is 21.7 Å². The van der Waals surface area contributed by atoms with E-state index >= 15 is 0 Å². The lowest BCUT2D eigenvalue weighted by atomic mass is 10.0. The van der Waals surface area contributed by atoms with Gasteiger partial charge < -0.3 is 9.84 Å². The Kier molecular flexibility index (Phi) is 6.05. The highest BCUT2D eigenvalue weighted by atomic mass is 32.2. The van der Waals surface area contributed by atoms with E-state index in [0.717, 1.165) is 12.1 Å². The van der Waals surface area contributed by atoms with E-state index in [1.807, 2.05) is 4.72 Å². The van der Waals surface area contributed by atoms with Crippen molar-refractivity contribution in [3.05, 3.63) is 28.3 Å². The Hall–Kier alpha value is -2.20. The normalized spacial score (nSPS) is 14.0. The van der Waals surface area contributed by atoms with Crippen LogP contribution in [0.3, 0.4) is 0 Å². The van der Waals surface area contributed by atoms with Gasteiger partial charge in [-0.3, -0.25) is 14.9 Å². The molecule has 0 saturated carbocycles. The standard InChI is InChI=1S/C13H18N2O7S/c1-4-8(2)12(13(16)17)14-23(20,21)11-6-5-9(22-3)7-10(11)15(18)19/h5-8,12,14H,4H2,1-3H3,(H,16,17)/t8-,12-/m0/s1. The number of hydrogen-bond acceptors (Lipinski definition) is 6. The molecule has 0 radical (unpaired) electrons. The Bertz CT molecular complexity index is 702. The molecule has 9 nitrogen and oxygen atoms in total. The van der Waals surface area contributed by atoms with Crippen LogP contribution in [0.25, 0.3) is 0 Å². The van der Waals surface area contributed by atoms with Gasteiger partial charge in [0.2, 0.25) is 10.0 Å². The average Bonchev–Trinajstić information content (AvgIpc) is 2.50. The van der Waals surface area contributed by atoms with Crippen molar-refractivity contribution in [1.29, 1.82) is 0 Å². The van der Waals surface area contributed by atoms with Crippen LogP contribution < -0.4 is 9.46 Å². The predicted octanol–water partition coefficient (Wildman–Crippen LogP) is 1.38. The molecule has 0 aliphatic rings. The number of sulfonamides is 1. The van der Waals surface area contributed by atoms with Crippen LogP contribution in [-0.4, -0.2) is 37.6 Å². The minimum absolute atomic E-state index is 0.118. The fraction of sp³-hybridized carbons (Fsp3) is 0.462. The maximum atomic E-state index is 12.4. The van der Waals surface area contributed by atoms with Crippen LogP contribution in [0.4, 0.5) is 5.69 Å². The molecule has 0 bridgehead atoms. The number of methoxy groups -OCH3 is 1. The van der Waals surface area contributed by atoms with Crippen molar-refractivity contribution in [2.24, 2.45) is 5.92 Å². The number of hydrogen-bond donors (Lipinski definition) is 2. The molecule has 0 aromatic heterocycles. The molecule has 1 aromatic carbocycles. The van der Waals surface area contributed by atoms with E-state index in [-0.39, 0.29) is 5.75 Å². The van der Waals surface area contributed by atoms with E-state index in [2.05, 4.69) is 0 Å². The van der Waals surface area contributed by atoms with Gasteiger partial charge in [0, 0.05) is 0 Å². The van der Waals surface area contributed by atoms with Crippen molar-refractivity contribution in [2.45, 2.75) is 31.2 Å². The predicted molar refractivity (Wildman–Crippen MR) is 80.8 cm³/mol. The highest BCUT2D eigenvalue weighted by molar-refractivity contribution is 7.89. The van der Waals surface area contributed by atoms with Crippen molar-refractivity contribution in [3.63, 3.8) is 0 Å². The van der Waals surface area contributed by atoms with Gasteiger partial charge in [0.1, 0.15) is 11.8 Å². The first-order chi connectivity index (χ1) is 10.6. The van der Waals surface area contributed by atoms with Crippen LogP contribution in [0.15, 0.2) is 23.1 Å². The molecule has 0 unspecified atom stereocenters. The van der Waals surface area contributed by atoms with Gasteiger partial charge >= 0.3 is 5.97 Å². The molecular formula is C13H18N2O7S. The molecule has 0 saturated heterocycles. The minimum atomic E-state index is -4.39. The number of aliphatic carboxylic acids is 1. The monoisotopic (exact) mass is 346 g/mol. The molecule has 1 rings (SSSR count). The quantitative estimate of drug-likeness (QED) is 0.536. The Balaban J connectivity index is 3.32. The summed E-state index contributed by atoms with van der Waals surface area (Å²) in [5.41, 5.74) is -0.690. The maximum absolute atomic E-state index is 12.4. The number of carbonyl (C=O) groups is 1. The summed E-state index contributed by atoms with van der Waals surface area (Å²) in [6, 6.07) is 1.84. The third-order valence-electron chi connectivity index (χ3n) is 3.41. The molecule has 0 aliphatic heterocycles. The summed E-state index contributed by atoms with van der Waals surface area (Å²) in [5.74, 6) is -1.72. The van der Waals surface area contributed by atoms with Gasteiger partial charge in [-0.2, -0.15) is 4.72 Å². The summed E-state index contributed by atoms with van der Waals surface area (Å²) < 4.78 is 31.6. The summed E-state index contributed by atoms with van der Waals surface area (Å²) >= 11 is 0. The van der Waals surface area contributed by atoms with Crippen molar-refractivity contribution < 1.29 is 28.0 Å². The number of nitrogens with zero attached hydrogens (tertiary/aromatic N) is 1. The molecule has 0 spiro atoms. The summed E-state index contributed by atoms with van der Waals surface area (Å²) in [7, 11) is -3.10. The number of carboxylic acids is 1. The third-order valence-corrected chi connectivity index (χ3v) is 4.90. The van der Waals surface area contributed by atoms with Crippen molar-refractivity contribution in [3.8, 4) is 5.75 Å². The van der Waals surface area contributed by atoms with Gasteiger partial charge in [-0.05, 0) is 18.1 Å². The zero-order valence-corrected chi connectivity index (χ0v) is 13.7. The molecule has 2 atom stereocenters. The second-order valence-corrected chi connectivity index (χ2v) is 6.60. The van der Waals surface area contributed by atoms with E-state index < -0.39 is 43.5 Å². The molecule has 1 aromatic rings. The van der Waals surface area contributed by atoms with E-state index in [4.69, 9.17) is 9.84 Å². The zero-order chi connectivity index (χ0) is 17.8. The second-order valence-electron chi connectivity index (χ2n) is 4.91.